The van der Waals surface area contributed by atoms with E-state index in [1.165, 1.54) is 38.3 Å². The SMILES string of the molecule is COc1cn([C@@H]2O[C@H](COC(=O)c3ccccc3)C(OC(=O)c3ccccc3)[C@]2(C)OC(=O)c2ccccc2)c(=O)[nH]c1=O. The Kier molecular flexibility index (Phi) is 8.72. The lowest BCUT2D eigenvalue weighted by atomic mass is 9.95. The van der Waals surface area contributed by atoms with Crippen LogP contribution in [0.2, 0.25) is 0 Å². The number of hydrogen-bond donors (Lipinski definition) is 1. The normalized spacial score (nSPS) is 20.8. The first kappa shape index (κ1) is 30.0. The Hall–Kier alpha value is -5.49. The summed E-state index contributed by atoms with van der Waals surface area (Å²) in [6, 6.07) is 24.3. The zero-order valence-corrected chi connectivity index (χ0v) is 23.7. The largest absolute Gasteiger partial charge is 0.490 e. The zero-order valence-electron chi connectivity index (χ0n) is 23.7. The third-order valence-corrected chi connectivity index (χ3v) is 7.06. The molecule has 4 aromatic rings. The predicted molar refractivity (Wildman–Crippen MR) is 154 cm³/mol. The van der Waals surface area contributed by atoms with Crippen molar-refractivity contribution in [1.82, 2.24) is 9.55 Å². The molecule has 0 radical (unpaired) electrons. The van der Waals surface area contributed by atoms with E-state index in [0.717, 1.165) is 10.8 Å². The van der Waals surface area contributed by atoms with Crippen LogP contribution < -0.4 is 16.0 Å². The Balaban J connectivity index is 1.58. The Labute approximate surface area is 250 Å². The first-order valence-corrected chi connectivity index (χ1v) is 13.5. The standard InChI is InChI=1S/C32H28N2O10/c1-32(44-29(38)22-16-10-5-11-17-22)25(43-28(37)21-14-8-4-9-15-21)24(19-41-27(36)20-12-6-3-7-13-20)42-30(32)34-18-23(40-2)26(35)33-31(34)39/h3-18,24-25,30H,19H2,1-2H3,(H,33,35,39)/t24-,25?,30-,32+/m1/s1. The minimum absolute atomic E-state index is 0.172. The van der Waals surface area contributed by atoms with Gasteiger partial charge in [0, 0.05) is 0 Å². The molecule has 3 aromatic carbocycles. The van der Waals surface area contributed by atoms with E-state index in [9.17, 15) is 24.0 Å². The van der Waals surface area contributed by atoms with Crippen LogP contribution in [0.4, 0.5) is 0 Å². The molecule has 1 fully saturated rings. The van der Waals surface area contributed by atoms with Gasteiger partial charge < -0.3 is 23.7 Å². The number of aromatic amines is 1. The van der Waals surface area contributed by atoms with Gasteiger partial charge in [-0.15, -0.1) is 0 Å². The number of carbonyl (C=O) groups is 3. The number of aromatic nitrogens is 2. The molecule has 1 aliphatic rings. The summed E-state index contributed by atoms with van der Waals surface area (Å²) < 4.78 is 29.7. The third kappa shape index (κ3) is 6.15. The van der Waals surface area contributed by atoms with E-state index in [4.69, 9.17) is 23.7 Å². The van der Waals surface area contributed by atoms with E-state index in [1.807, 2.05) is 0 Å². The van der Waals surface area contributed by atoms with Crippen LogP contribution in [0.5, 0.6) is 5.75 Å². The van der Waals surface area contributed by atoms with Gasteiger partial charge in [-0.25, -0.2) is 19.2 Å². The molecule has 1 unspecified atom stereocenters. The maximum absolute atomic E-state index is 13.4. The molecular formula is C32H28N2O10. The summed E-state index contributed by atoms with van der Waals surface area (Å²) in [5.41, 5.74) is -3.00. The summed E-state index contributed by atoms with van der Waals surface area (Å²) in [4.78, 5) is 67.1. The Morgan fingerprint density at radius 3 is 1.89 bits per heavy atom. The molecule has 226 valence electrons. The van der Waals surface area contributed by atoms with Gasteiger partial charge in [0.05, 0.1) is 30.0 Å². The number of ether oxygens (including phenoxy) is 5. The molecule has 0 saturated carbocycles. The van der Waals surface area contributed by atoms with E-state index in [2.05, 4.69) is 4.98 Å². The van der Waals surface area contributed by atoms with E-state index in [0.29, 0.717) is 0 Å². The summed E-state index contributed by atoms with van der Waals surface area (Å²) in [5, 5.41) is 0. The number of carbonyl (C=O) groups excluding carboxylic acids is 3. The topological polar surface area (TPSA) is 152 Å². The summed E-state index contributed by atoms with van der Waals surface area (Å²) in [5.74, 6) is -2.51. The molecule has 1 aromatic heterocycles. The van der Waals surface area contributed by atoms with Crippen molar-refractivity contribution in [3.05, 3.63) is 135 Å². The number of nitrogens with zero attached hydrogens (tertiary/aromatic N) is 1. The van der Waals surface area contributed by atoms with Gasteiger partial charge in [-0.3, -0.25) is 14.3 Å². The summed E-state index contributed by atoms with van der Waals surface area (Å²) in [6.07, 6.45) is -3.04. The van der Waals surface area contributed by atoms with Crippen molar-refractivity contribution in [2.75, 3.05) is 13.7 Å². The van der Waals surface area contributed by atoms with Gasteiger partial charge in [0.25, 0.3) is 5.56 Å². The molecule has 0 aliphatic carbocycles. The number of rotatable bonds is 9. The highest BCUT2D eigenvalue weighted by Crippen LogP contribution is 2.43. The second-order valence-corrected chi connectivity index (χ2v) is 9.99. The van der Waals surface area contributed by atoms with Crippen molar-refractivity contribution in [1.29, 1.82) is 0 Å². The van der Waals surface area contributed by atoms with E-state index in [1.54, 1.807) is 66.7 Å². The van der Waals surface area contributed by atoms with Crippen molar-refractivity contribution in [3.8, 4) is 5.75 Å². The van der Waals surface area contributed by atoms with Crippen LogP contribution in [0, 0.1) is 0 Å². The van der Waals surface area contributed by atoms with Crippen molar-refractivity contribution in [2.45, 2.75) is 31.0 Å². The van der Waals surface area contributed by atoms with Crippen molar-refractivity contribution >= 4 is 17.9 Å². The fourth-order valence-corrected chi connectivity index (χ4v) is 4.84. The maximum Gasteiger partial charge on any atom is 0.338 e. The highest BCUT2D eigenvalue weighted by atomic mass is 16.7. The lowest BCUT2D eigenvalue weighted by Crippen LogP contribution is -2.52. The van der Waals surface area contributed by atoms with Gasteiger partial charge in [-0.1, -0.05) is 54.6 Å². The first-order valence-electron chi connectivity index (χ1n) is 13.5. The summed E-state index contributed by atoms with van der Waals surface area (Å²) in [7, 11) is 1.24. The molecular weight excluding hydrogens is 572 g/mol. The van der Waals surface area contributed by atoms with Gasteiger partial charge in [0.1, 0.15) is 12.7 Å². The average molecular weight is 601 g/mol. The number of benzene rings is 3. The van der Waals surface area contributed by atoms with Crippen LogP contribution in [0.3, 0.4) is 0 Å². The molecule has 44 heavy (non-hydrogen) atoms. The van der Waals surface area contributed by atoms with Gasteiger partial charge in [0.15, 0.2) is 17.9 Å². The molecule has 0 amide bonds. The summed E-state index contributed by atoms with van der Waals surface area (Å²) >= 11 is 0. The highest BCUT2D eigenvalue weighted by molar-refractivity contribution is 5.91. The molecule has 0 spiro atoms. The predicted octanol–water partition coefficient (Wildman–Crippen LogP) is 3.14. The molecule has 5 rings (SSSR count). The quantitative estimate of drug-likeness (QED) is 0.224. The number of hydrogen-bond acceptors (Lipinski definition) is 10. The van der Waals surface area contributed by atoms with Crippen molar-refractivity contribution in [2.24, 2.45) is 0 Å². The number of H-pyrrole nitrogens is 1. The Morgan fingerprint density at radius 2 is 1.34 bits per heavy atom. The first-order chi connectivity index (χ1) is 21.2. The van der Waals surface area contributed by atoms with E-state index in [-0.39, 0.29) is 22.4 Å². The van der Waals surface area contributed by atoms with Gasteiger partial charge in [-0.2, -0.15) is 0 Å². The monoisotopic (exact) mass is 600 g/mol. The fourth-order valence-electron chi connectivity index (χ4n) is 4.84. The van der Waals surface area contributed by atoms with Gasteiger partial charge in [-0.05, 0) is 43.3 Å². The average Bonchev–Trinajstić information content (AvgIpc) is 3.31. The van der Waals surface area contributed by atoms with Crippen molar-refractivity contribution < 1.29 is 38.1 Å². The van der Waals surface area contributed by atoms with Crippen LogP contribution in [-0.2, 0) is 18.9 Å². The highest BCUT2D eigenvalue weighted by Gasteiger charge is 2.60. The number of nitrogens with one attached hydrogen (secondary N) is 1. The minimum Gasteiger partial charge on any atom is -0.490 e. The molecule has 0 bridgehead atoms. The van der Waals surface area contributed by atoms with E-state index >= 15 is 0 Å². The van der Waals surface area contributed by atoms with Crippen LogP contribution in [0.15, 0.2) is 107 Å². The Morgan fingerprint density at radius 1 is 0.818 bits per heavy atom. The van der Waals surface area contributed by atoms with Crippen LogP contribution in [-0.4, -0.2) is 59.0 Å². The molecule has 1 saturated heterocycles. The molecule has 4 atom stereocenters. The number of esters is 3. The smallest absolute Gasteiger partial charge is 0.338 e. The lowest BCUT2D eigenvalue weighted by molar-refractivity contribution is -0.111. The molecule has 1 N–H and O–H groups in total. The number of methoxy groups -OCH3 is 1. The fraction of sp³-hybridized carbons (Fsp3) is 0.219. The Bertz CT molecular complexity index is 1750. The van der Waals surface area contributed by atoms with Crippen molar-refractivity contribution in [3.63, 3.8) is 0 Å². The molecule has 2 heterocycles. The molecule has 12 nitrogen and oxygen atoms in total. The van der Waals surface area contributed by atoms with E-state index < -0.39 is 59.8 Å². The van der Waals surface area contributed by atoms with Gasteiger partial charge >= 0.3 is 23.6 Å². The molecule has 12 heteroatoms. The van der Waals surface area contributed by atoms with Crippen LogP contribution >= 0.6 is 0 Å². The zero-order chi connectivity index (χ0) is 31.3. The maximum atomic E-state index is 13.4. The second kappa shape index (κ2) is 12.8. The molecule has 1 aliphatic heterocycles. The lowest BCUT2D eigenvalue weighted by Gasteiger charge is -2.34. The summed E-state index contributed by atoms with van der Waals surface area (Å²) in [6.45, 7) is 0.967. The second-order valence-electron chi connectivity index (χ2n) is 9.99. The van der Waals surface area contributed by atoms with Gasteiger partial charge in [0.2, 0.25) is 5.75 Å². The minimum atomic E-state index is -1.91. The third-order valence-electron chi connectivity index (χ3n) is 7.06. The van der Waals surface area contributed by atoms with Crippen LogP contribution in [0.25, 0.3) is 0 Å². The van der Waals surface area contributed by atoms with Crippen LogP contribution in [0.1, 0.15) is 44.2 Å².